The van der Waals surface area contributed by atoms with Crippen LogP contribution in [-0.4, -0.2) is 30.7 Å². The molecule has 1 unspecified atom stereocenters. The van der Waals surface area contributed by atoms with E-state index in [9.17, 15) is 13.2 Å². The topological polar surface area (TPSA) is 93.1 Å². The number of rotatable bonds is 8. The summed E-state index contributed by atoms with van der Waals surface area (Å²) in [7, 11) is -3.72. The summed E-state index contributed by atoms with van der Waals surface area (Å²) in [5, 5.41) is 8.95. The largest absolute Gasteiger partial charge is 0.326 e. The van der Waals surface area contributed by atoms with Gasteiger partial charge in [-0.25, -0.2) is 13.1 Å². The Morgan fingerprint density at radius 2 is 2.11 bits per heavy atom. The molecule has 0 saturated heterocycles. The predicted molar refractivity (Wildman–Crippen MR) is 110 cm³/mol. The maximum atomic E-state index is 12.9. The molecule has 0 aliphatic carbocycles. The second-order valence-electron chi connectivity index (χ2n) is 6.25. The zero-order chi connectivity index (χ0) is 20.1. The van der Waals surface area contributed by atoms with Crippen molar-refractivity contribution < 1.29 is 13.2 Å². The molecule has 3 aromatic rings. The molecule has 0 bridgehead atoms. The van der Waals surface area contributed by atoms with Crippen LogP contribution < -0.4 is 10.0 Å². The Kier molecular flexibility index (Phi) is 6.28. The van der Waals surface area contributed by atoms with E-state index in [4.69, 9.17) is 0 Å². The number of nitrogens with one attached hydrogen (secondary N) is 2. The fraction of sp³-hybridized carbons (Fsp3) is 0.263. The molecule has 1 atom stereocenters. The normalized spacial score (nSPS) is 12.6. The van der Waals surface area contributed by atoms with Crippen molar-refractivity contribution in [2.75, 3.05) is 11.9 Å². The lowest BCUT2D eigenvalue weighted by molar-refractivity contribution is -0.115. The minimum Gasteiger partial charge on any atom is -0.326 e. The number of benzene rings is 1. The fourth-order valence-electron chi connectivity index (χ4n) is 2.81. The minimum absolute atomic E-state index is 0.119. The van der Waals surface area contributed by atoms with Crippen LogP contribution in [0.1, 0.15) is 29.8 Å². The van der Waals surface area contributed by atoms with Crippen molar-refractivity contribution in [3.8, 4) is 0 Å². The third-order valence-corrected chi connectivity index (χ3v) is 6.81. The third kappa shape index (κ3) is 4.67. The molecule has 148 valence electrons. The zero-order valence-corrected chi connectivity index (χ0v) is 17.3. The Labute approximate surface area is 168 Å². The van der Waals surface area contributed by atoms with Gasteiger partial charge in [0.05, 0.1) is 10.9 Å². The van der Waals surface area contributed by atoms with Crippen molar-refractivity contribution in [1.82, 2.24) is 14.5 Å². The van der Waals surface area contributed by atoms with E-state index in [0.717, 1.165) is 4.88 Å². The van der Waals surface area contributed by atoms with Gasteiger partial charge in [-0.15, -0.1) is 11.3 Å². The van der Waals surface area contributed by atoms with Crippen LogP contribution in [0.3, 0.4) is 0 Å². The SMILES string of the molecule is CCC(=O)Nc1ccc(S(=O)(=O)NCC(c2cccs2)n2cccn2)c(C)c1. The summed E-state index contributed by atoms with van der Waals surface area (Å²) < 4.78 is 30.2. The van der Waals surface area contributed by atoms with Crippen LogP contribution in [0, 0.1) is 6.92 Å². The molecular weight excluding hydrogens is 396 g/mol. The lowest BCUT2D eigenvalue weighted by Gasteiger charge is -2.18. The monoisotopic (exact) mass is 418 g/mol. The number of aryl methyl sites for hydroxylation is 1. The number of carbonyl (C=O) groups is 1. The quantitative estimate of drug-likeness (QED) is 0.588. The highest BCUT2D eigenvalue weighted by Crippen LogP contribution is 2.24. The van der Waals surface area contributed by atoms with Gasteiger partial charge in [-0.3, -0.25) is 9.48 Å². The molecule has 0 fully saturated rings. The molecule has 9 heteroatoms. The molecular formula is C19H22N4O3S2. The maximum Gasteiger partial charge on any atom is 0.240 e. The van der Waals surface area contributed by atoms with Crippen LogP contribution in [0.5, 0.6) is 0 Å². The Bertz CT molecular complexity index is 995. The smallest absolute Gasteiger partial charge is 0.240 e. The molecule has 0 spiro atoms. The predicted octanol–water partition coefficient (Wildman–Crippen LogP) is 3.17. The number of thiophene rings is 1. The van der Waals surface area contributed by atoms with Crippen LogP contribution >= 0.6 is 11.3 Å². The summed E-state index contributed by atoms with van der Waals surface area (Å²) in [5.41, 5.74) is 1.14. The standard InChI is InChI=1S/C19H22N4O3S2/c1-3-19(24)22-15-7-8-18(14(2)12-15)28(25,26)21-13-16(17-6-4-11-27-17)23-10-5-9-20-23/h4-12,16,21H,3,13H2,1-2H3,(H,22,24). The number of nitrogens with zero attached hydrogens (tertiary/aromatic N) is 2. The summed E-state index contributed by atoms with van der Waals surface area (Å²) in [6.07, 6.45) is 3.84. The van der Waals surface area contributed by atoms with E-state index in [-0.39, 0.29) is 23.4 Å². The van der Waals surface area contributed by atoms with Crippen LogP contribution in [0.15, 0.2) is 59.1 Å². The molecule has 3 rings (SSSR count). The third-order valence-electron chi connectivity index (χ3n) is 4.25. The number of hydrogen-bond acceptors (Lipinski definition) is 5. The molecule has 7 nitrogen and oxygen atoms in total. The van der Waals surface area contributed by atoms with Crippen molar-refractivity contribution in [3.63, 3.8) is 0 Å². The number of amides is 1. The van der Waals surface area contributed by atoms with Gasteiger partial charge in [0.1, 0.15) is 0 Å². The summed E-state index contributed by atoms with van der Waals surface area (Å²) in [5.74, 6) is -0.119. The van der Waals surface area contributed by atoms with Gasteiger partial charge >= 0.3 is 0 Å². The number of sulfonamides is 1. The highest BCUT2D eigenvalue weighted by atomic mass is 32.2. The van der Waals surface area contributed by atoms with E-state index in [1.54, 1.807) is 48.2 Å². The Morgan fingerprint density at radius 1 is 1.29 bits per heavy atom. The van der Waals surface area contributed by atoms with Crippen molar-refractivity contribution in [2.24, 2.45) is 0 Å². The average Bonchev–Trinajstić information content (AvgIpc) is 3.36. The average molecular weight is 419 g/mol. The van der Waals surface area contributed by atoms with Gasteiger partial charge in [0.2, 0.25) is 15.9 Å². The van der Waals surface area contributed by atoms with Gasteiger partial charge in [0, 0.05) is 35.9 Å². The van der Waals surface area contributed by atoms with Crippen LogP contribution in [0.25, 0.3) is 0 Å². The Morgan fingerprint density at radius 3 is 2.71 bits per heavy atom. The lowest BCUT2D eigenvalue weighted by atomic mass is 10.2. The fourth-order valence-corrected chi connectivity index (χ4v) is 4.90. The highest BCUT2D eigenvalue weighted by Gasteiger charge is 2.22. The molecule has 1 amide bonds. The van der Waals surface area contributed by atoms with Crippen LogP contribution in [0.2, 0.25) is 0 Å². The zero-order valence-electron chi connectivity index (χ0n) is 15.6. The molecule has 0 saturated carbocycles. The first-order chi connectivity index (χ1) is 13.4. The molecule has 0 aliphatic rings. The van der Waals surface area contributed by atoms with E-state index >= 15 is 0 Å². The van der Waals surface area contributed by atoms with E-state index in [2.05, 4.69) is 15.1 Å². The van der Waals surface area contributed by atoms with Crippen LogP contribution in [-0.2, 0) is 14.8 Å². The van der Waals surface area contributed by atoms with E-state index in [1.165, 1.54) is 6.07 Å². The summed E-state index contributed by atoms with van der Waals surface area (Å²) in [6, 6.07) is 10.2. The van der Waals surface area contributed by atoms with Gasteiger partial charge in [-0.1, -0.05) is 13.0 Å². The Balaban J connectivity index is 1.78. The first-order valence-corrected chi connectivity index (χ1v) is 11.2. The lowest BCUT2D eigenvalue weighted by Crippen LogP contribution is -2.31. The van der Waals surface area contributed by atoms with Crippen molar-refractivity contribution >= 4 is 33.0 Å². The molecule has 2 heterocycles. The summed E-state index contributed by atoms with van der Waals surface area (Å²) >= 11 is 1.55. The Hall–Kier alpha value is -2.49. The van der Waals surface area contributed by atoms with Crippen molar-refractivity contribution in [1.29, 1.82) is 0 Å². The molecule has 28 heavy (non-hydrogen) atoms. The first kappa shape index (κ1) is 20.2. The molecule has 0 radical (unpaired) electrons. The van der Waals surface area contributed by atoms with E-state index in [0.29, 0.717) is 17.7 Å². The molecule has 2 aromatic heterocycles. The van der Waals surface area contributed by atoms with Gasteiger partial charge in [0.25, 0.3) is 0 Å². The number of hydrogen-bond donors (Lipinski definition) is 2. The van der Waals surface area contributed by atoms with Gasteiger partial charge in [-0.2, -0.15) is 5.10 Å². The number of carbonyl (C=O) groups excluding carboxylic acids is 1. The maximum absolute atomic E-state index is 12.9. The highest BCUT2D eigenvalue weighted by molar-refractivity contribution is 7.89. The minimum atomic E-state index is -3.72. The number of anilines is 1. The van der Waals surface area contributed by atoms with Crippen LogP contribution in [0.4, 0.5) is 5.69 Å². The van der Waals surface area contributed by atoms with Gasteiger partial charge in [-0.05, 0) is 48.2 Å². The van der Waals surface area contributed by atoms with Gasteiger partial charge < -0.3 is 5.32 Å². The van der Waals surface area contributed by atoms with Gasteiger partial charge in [0.15, 0.2) is 0 Å². The second-order valence-corrected chi connectivity index (χ2v) is 8.97. The first-order valence-electron chi connectivity index (χ1n) is 8.83. The van der Waals surface area contributed by atoms with Crippen molar-refractivity contribution in [2.45, 2.75) is 31.2 Å². The van der Waals surface area contributed by atoms with Crippen molar-refractivity contribution in [3.05, 3.63) is 64.6 Å². The second kappa shape index (κ2) is 8.68. The summed E-state index contributed by atoms with van der Waals surface area (Å²) in [4.78, 5) is 12.7. The molecule has 0 aliphatic heterocycles. The number of aromatic nitrogens is 2. The molecule has 1 aromatic carbocycles. The van der Waals surface area contributed by atoms with E-state index in [1.807, 2.05) is 29.8 Å². The summed E-state index contributed by atoms with van der Waals surface area (Å²) in [6.45, 7) is 3.65. The van der Waals surface area contributed by atoms with E-state index < -0.39 is 10.0 Å². The molecule has 2 N–H and O–H groups in total.